The van der Waals surface area contributed by atoms with Crippen molar-refractivity contribution in [2.24, 2.45) is 0 Å². The average molecular weight is 286 g/mol. The van der Waals surface area contributed by atoms with Crippen LogP contribution < -0.4 is 0 Å². The molecule has 0 aromatic carbocycles. The van der Waals surface area contributed by atoms with E-state index in [9.17, 15) is 10.1 Å². The molecule has 0 radical (unpaired) electrons. The Morgan fingerprint density at radius 2 is 2.29 bits per heavy atom. The molecule has 3 aromatic rings. The molecular formula is C12H10N6O3. The van der Waals surface area contributed by atoms with Gasteiger partial charge in [0.1, 0.15) is 18.1 Å². The van der Waals surface area contributed by atoms with E-state index in [0.717, 1.165) is 0 Å². The molecule has 0 bridgehead atoms. The van der Waals surface area contributed by atoms with E-state index in [1.807, 2.05) is 6.07 Å². The molecule has 9 nitrogen and oxygen atoms in total. The largest absolute Gasteiger partial charge is 0.339 e. The quantitative estimate of drug-likeness (QED) is 0.515. The molecule has 3 rings (SSSR count). The Kier molecular flexibility index (Phi) is 3.37. The Hall–Kier alpha value is -3.10. The summed E-state index contributed by atoms with van der Waals surface area (Å²) in [5.41, 5.74) is 0.580. The van der Waals surface area contributed by atoms with Crippen molar-refractivity contribution in [1.82, 2.24) is 24.9 Å². The first-order valence-corrected chi connectivity index (χ1v) is 6.13. The van der Waals surface area contributed by atoms with Gasteiger partial charge in [-0.25, -0.2) is 0 Å². The summed E-state index contributed by atoms with van der Waals surface area (Å²) in [6.45, 7) is 0.414. The second-order valence-electron chi connectivity index (χ2n) is 4.20. The van der Waals surface area contributed by atoms with Crippen molar-refractivity contribution < 1.29 is 9.45 Å². The summed E-state index contributed by atoms with van der Waals surface area (Å²) in [6, 6.07) is 5.42. The van der Waals surface area contributed by atoms with Crippen molar-refractivity contribution in [3.8, 4) is 11.5 Å². The number of nitro groups is 1. The Bertz CT molecular complexity index is 751. The van der Waals surface area contributed by atoms with Crippen LogP contribution in [0.1, 0.15) is 5.89 Å². The highest BCUT2D eigenvalue weighted by molar-refractivity contribution is 5.46. The molecule has 0 saturated heterocycles. The van der Waals surface area contributed by atoms with E-state index in [1.165, 1.54) is 17.1 Å². The molecule has 106 valence electrons. The Morgan fingerprint density at radius 3 is 3.00 bits per heavy atom. The number of rotatable bonds is 5. The van der Waals surface area contributed by atoms with Crippen molar-refractivity contribution in [2.75, 3.05) is 0 Å². The van der Waals surface area contributed by atoms with Crippen molar-refractivity contribution in [2.45, 2.75) is 13.0 Å². The first-order chi connectivity index (χ1) is 10.2. The van der Waals surface area contributed by atoms with E-state index in [1.54, 1.807) is 18.3 Å². The van der Waals surface area contributed by atoms with Crippen LogP contribution in [0.15, 0.2) is 41.3 Å². The normalized spacial score (nSPS) is 10.7. The highest BCUT2D eigenvalue weighted by Gasteiger charge is 2.11. The molecule has 0 spiro atoms. The molecule has 21 heavy (non-hydrogen) atoms. The monoisotopic (exact) mass is 286 g/mol. The Labute approximate surface area is 118 Å². The van der Waals surface area contributed by atoms with Crippen LogP contribution in [0, 0.1) is 10.1 Å². The molecule has 0 fully saturated rings. The second kappa shape index (κ2) is 5.49. The van der Waals surface area contributed by atoms with Crippen LogP contribution in [-0.4, -0.2) is 29.8 Å². The van der Waals surface area contributed by atoms with Crippen LogP contribution >= 0.6 is 0 Å². The van der Waals surface area contributed by atoms with Gasteiger partial charge in [-0.1, -0.05) is 11.2 Å². The lowest BCUT2D eigenvalue weighted by molar-refractivity contribution is -0.385. The number of hydrogen-bond donors (Lipinski definition) is 0. The van der Waals surface area contributed by atoms with Gasteiger partial charge in [-0.2, -0.15) is 10.1 Å². The minimum Gasteiger partial charge on any atom is -0.339 e. The number of nitrogens with zero attached hydrogens (tertiary/aromatic N) is 6. The summed E-state index contributed by atoms with van der Waals surface area (Å²) in [5, 5.41) is 18.3. The molecule has 0 atom stereocenters. The van der Waals surface area contributed by atoms with Gasteiger partial charge in [0, 0.05) is 19.2 Å². The minimum absolute atomic E-state index is 0.0466. The maximum Gasteiger partial charge on any atom is 0.306 e. The zero-order chi connectivity index (χ0) is 14.7. The van der Waals surface area contributed by atoms with Crippen LogP contribution in [-0.2, 0) is 13.0 Å². The smallest absolute Gasteiger partial charge is 0.306 e. The van der Waals surface area contributed by atoms with E-state index in [2.05, 4.69) is 20.2 Å². The molecule has 3 heterocycles. The van der Waals surface area contributed by atoms with E-state index >= 15 is 0 Å². The molecule has 0 amide bonds. The summed E-state index contributed by atoms with van der Waals surface area (Å²) in [6.07, 6.45) is 4.63. The van der Waals surface area contributed by atoms with Crippen LogP contribution in [0.2, 0.25) is 0 Å². The zero-order valence-electron chi connectivity index (χ0n) is 10.8. The molecule has 0 saturated carbocycles. The van der Waals surface area contributed by atoms with Gasteiger partial charge in [-0.05, 0) is 12.1 Å². The van der Waals surface area contributed by atoms with Gasteiger partial charge in [0.15, 0.2) is 0 Å². The van der Waals surface area contributed by atoms with Gasteiger partial charge >= 0.3 is 5.69 Å². The lowest BCUT2D eigenvalue weighted by Gasteiger charge is -1.95. The highest BCUT2D eigenvalue weighted by Crippen LogP contribution is 2.13. The average Bonchev–Trinajstić information content (AvgIpc) is 3.15. The van der Waals surface area contributed by atoms with Crippen LogP contribution in [0.25, 0.3) is 11.5 Å². The summed E-state index contributed by atoms with van der Waals surface area (Å²) in [4.78, 5) is 18.4. The van der Waals surface area contributed by atoms with Crippen molar-refractivity contribution in [3.05, 3.63) is 52.8 Å². The number of aromatic nitrogens is 5. The summed E-state index contributed by atoms with van der Waals surface area (Å²) in [7, 11) is 0. The van der Waals surface area contributed by atoms with Gasteiger partial charge in [0.2, 0.25) is 11.7 Å². The van der Waals surface area contributed by atoms with E-state index in [0.29, 0.717) is 30.4 Å². The first-order valence-electron chi connectivity index (χ1n) is 6.13. The number of aryl methyl sites for hydroxylation is 2. The van der Waals surface area contributed by atoms with Crippen molar-refractivity contribution in [1.29, 1.82) is 0 Å². The Balaban J connectivity index is 1.66. The van der Waals surface area contributed by atoms with Crippen LogP contribution in [0.4, 0.5) is 5.69 Å². The van der Waals surface area contributed by atoms with Crippen LogP contribution in [0.3, 0.4) is 0 Å². The highest BCUT2D eigenvalue weighted by atomic mass is 16.6. The van der Waals surface area contributed by atoms with Crippen LogP contribution in [0.5, 0.6) is 0 Å². The second-order valence-corrected chi connectivity index (χ2v) is 4.20. The zero-order valence-corrected chi connectivity index (χ0v) is 10.8. The molecule has 0 aliphatic heterocycles. The van der Waals surface area contributed by atoms with Crippen molar-refractivity contribution in [3.63, 3.8) is 0 Å². The lowest BCUT2D eigenvalue weighted by atomic mass is 10.3. The Morgan fingerprint density at radius 1 is 1.38 bits per heavy atom. The topological polar surface area (TPSA) is 113 Å². The third-order valence-electron chi connectivity index (χ3n) is 2.75. The maximum atomic E-state index is 10.6. The van der Waals surface area contributed by atoms with Gasteiger partial charge in [-0.3, -0.25) is 19.8 Å². The molecule has 0 aliphatic rings. The van der Waals surface area contributed by atoms with Gasteiger partial charge < -0.3 is 4.52 Å². The molecule has 0 unspecified atom stereocenters. The third kappa shape index (κ3) is 2.91. The van der Waals surface area contributed by atoms with Gasteiger partial charge in [0.05, 0.1) is 4.92 Å². The molecular weight excluding hydrogens is 276 g/mol. The fourth-order valence-electron chi connectivity index (χ4n) is 1.73. The van der Waals surface area contributed by atoms with Gasteiger partial charge in [0.25, 0.3) is 0 Å². The SMILES string of the molecule is O=[N+]([O-])c1cnn(CCc2nc(-c3ccccn3)no2)c1. The first kappa shape index (κ1) is 12.9. The lowest BCUT2D eigenvalue weighted by Crippen LogP contribution is -2.01. The fourth-order valence-corrected chi connectivity index (χ4v) is 1.73. The molecule has 0 aliphatic carbocycles. The van der Waals surface area contributed by atoms with Gasteiger partial charge in [-0.15, -0.1) is 0 Å². The van der Waals surface area contributed by atoms with E-state index in [4.69, 9.17) is 4.52 Å². The standard InChI is InChI=1S/C12H10N6O3/c19-18(20)9-7-14-17(8-9)6-4-11-15-12(16-21-11)10-3-1-2-5-13-10/h1-3,5,7-8H,4,6H2. The summed E-state index contributed by atoms with van der Waals surface area (Å²) < 4.78 is 6.58. The molecule has 9 heteroatoms. The third-order valence-corrected chi connectivity index (χ3v) is 2.75. The minimum atomic E-state index is -0.491. The fraction of sp³-hybridized carbons (Fsp3) is 0.167. The maximum absolute atomic E-state index is 10.6. The number of pyridine rings is 1. The number of hydrogen-bond acceptors (Lipinski definition) is 7. The van der Waals surface area contributed by atoms with E-state index in [-0.39, 0.29) is 5.69 Å². The summed E-state index contributed by atoms with van der Waals surface area (Å²) >= 11 is 0. The molecule has 3 aromatic heterocycles. The predicted octanol–water partition coefficient (Wildman–Crippen LogP) is 1.48. The molecule has 0 N–H and O–H groups in total. The predicted molar refractivity (Wildman–Crippen MR) is 70.1 cm³/mol. The van der Waals surface area contributed by atoms with E-state index < -0.39 is 4.92 Å². The summed E-state index contributed by atoms with van der Waals surface area (Å²) in [5.74, 6) is 0.839. The van der Waals surface area contributed by atoms with Crippen molar-refractivity contribution >= 4 is 5.69 Å².